The van der Waals surface area contributed by atoms with E-state index in [1.165, 1.54) is 7.11 Å². The quantitative estimate of drug-likeness (QED) is 0.736. The van der Waals surface area contributed by atoms with E-state index >= 15 is 0 Å². The predicted molar refractivity (Wildman–Crippen MR) is 122 cm³/mol. The summed E-state index contributed by atoms with van der Waals surface area (Å²) in [5, 5.41) is 6.39. The third-order valence-corrected chi connectivity index (χ3v) is 6.68. The Morgan fingerprint density at radius 2 is 1.66 bits per heavy atom. The highest BCUT2D eigenvalue weighted by molar-refractivity contribution is 6.00. The molecule has 2 aliphatic heterocycles. The molecule has 2 heterocycles. The van der Waals surface area contributed by atoms with E-state index in [0.29, 0.717) is 50.5 Å². The molecule has 3 amide bonds. The Morgan fingerprint density at radius 3 is 2.31 bits per heavy atom. The number of piperazine rings is 2. The van der Waals surface area contributed by atoms with E-state index in [1.807, 2.05) is 23.1 Å². The Bertz CT molecular complexity index is 841. The first-order valence-corrected chi connectivity index (χ1v) is 11.6. The number of nitrogens with one attached hydrogen (secondary N) is 2. The molecule has 9 heteroatoms. The summed E-state index contributed by atoms with van der Waals surface area (Å²) in [6.07, 6.45) is 3.68. The fourth-order valence-electron chi connectivity index (χ4n) is 4.78. The van der Waals surface area contributed by atoms with Crippen LogP contribution < -0.4 is 15.5 Å². The largest absolute Gasteiger partial charge is 0.453 e. The lowest BCUT2D eigenvalue weighted by molar-refractivity contribution is -0.119. The zero-order chi connectivity index (χ0) is 22.5. The molecule has 32 heavy (non-hydrogen) atoms. The summed E-state index contributed by atoms with van der Waals surface area (Å²) in [7, 11) is 1.39. The molecule has 1 aromatic carbocycles. The van der Waals surface area contributed by atoms with Gasteiger partial charge in [-0.2, -0.15) is 0 Å². The van der Waals surface area contributed by atoms with Gasteiger partial charge in [0.05, 0.1) is 18.5 Å². The maximum atomic E-state index is 13.0. The minimum absolute atomic E-state index is 0.00933. The molecule has 4 rings (SSSR count). The van der Waals surface area contributed by atoms with Crippen molar-refractivity contribution < 1.29 is 19.1 Å². The second kappa shape index (κ2) is 10.2. The van der Waals surface area contributed by atoms with Crippen molar-refractivity contribution in [3.8, 4) is 0 Å². The summed E-state index contributed by atoms with van der Waals surface area (Å²) in [5.41, 5.74) is 2.15. The van der Waals surface area contributed by atoms with Crippen molar-refractivity contribution >= 4 is 29.3 Å². The van der Waals surface area contributed by atoms with Crippen molar-refractivity contribution in [2.24, 2.45) is 5.92 Å². The van der Waals surface area contributed by atoms with Crippen LogP contribution in [0.2, 0.25) is 0 Å². The first-order chi connectivity index (χ1) is 15.6. The van der Waals surface area contributed by atoms with E-state index in [4.69, 9.17) is 4.74 Å². The van der Waals surface area contributed by atoms with Crippen LogP contribution in [0, 0.1) is 5.92 Å². The number of carbonyl (C=O) groups excluding carboxylic acids is 3. The fraction of sp³-hybridized carbons (Fsp3) is 0.609. The van der Waals surface area contributed by atoms with E-state index in [2.05, 4.69) is 15.5 Å². The van der Waals surface area contributed by atoms with Crippen LogP contribution >= 0.6 is 0 Å². The molecule has 1 aliphatic carbocycles. The highest BCUT2D eigenvalue weighted by Gasteiger charge is 2.27. The average molecular weight is 444 g/mol. The van der Waals surface area contributed by atoms with Crippen LogP contribution in [0.1, 0.15) is 36.0 Å². The lowest BCUT2D eigenvalue weighted by atomic mass is 10.1. The second-order valence-electron chi connectivity index (χ2n) is 8.69. The highest BCUT2D eigenvalue weighted by atomic mass is 16.5. The van der Waals surface area contributed by atoms with Crippen LogP contribution in [-0.2, 0) is 9.53 Å². The van der Waals surface area contributed by atoms with Gasteiger partial charge in [0, 0.05) is 63.8 Å². The first kappa shape index (κ1) is 22.4. The van der Waals surface area contributed by atoms with Crippen molar-refractivity contribution in [2.75, 3.05) is 69.7 Å². The lowest BCUT2D eigenvalue weighted by Crippen LogP contribution is -2.49. The molecule has 0 unspecified atom stereocenters. The van der Waals surface area contributed by atoms with Gasteiger partial charge >= 0.3 is 6.09 Å². The molecule has 0 spiro atoms. The van der Waals surface area contributed by atoms with Crippen LogP contribution in [0.5, 0.6) is 0 Å². The van der Waals surface area contributed by atoms with E-state index in [1.54, 1.807) is 4.90 Å². The van der Waals surface area contributed by atoms with Gasteiger partial charge in [-0.1, -0.05) is 12.8 Å². The van der Waals surface area contributed by atoms with E-state index in [0.717, 1.165) is 44.5 Å². The van der Waals surface area contributed by atoms with E-state index < -0.39 is 0 Å². The van der Waals surface area contributed by atoms with Gasteiger partial charge in [0.25, 0.3) is 5.91 Å². The fourth-order valence-corrected chi connectivity index (χ4v) is 4.78. The number of hydrogen-bond donors (Lipinski definition) is 2. The summed E-state index contributed by atoms with van der Waals surface area (Å²) < 4.78 is 4.83. The van der Waals surface area contributed by atoms with Gasteiger partial charge in [0.2, 0.25) is 5.91 Å². The molecule has 0 bridgehead atoms. The molecule has 1 aromatic rings. The molecular formula is C23H33N5O4. The topological polar surface area (TPSA) is 94.2 Å². The van der Waals surface area contributed by atoms with E-state index in [-0.39, 0.29) is 23.8 Å². The molecule has 3 aliphatic rings. The molecule has 9 nitrogen and oxygen atoms in total. The monoisotopic (exact) mass is 443 g/mol. The maximum absolute atomic E-state index is 13.0. The van der Waals surface area contributed by atoms with Crippen molar-refractivity contribution in [3.05, 3.63) is 23.8 Å². The van der Waals surface area contributed by atoms with Gasteiger partial charge in [-0.25, -0.2) is 4.79 Å². The van der Waals surface area contributed by atoms with Crippen molar-refractivity contribution in [3.63, 3.8) is 0 Å². The summed E-state index contributed by atoms with van der Waals surface area (Å²) >= 11 is 0. The van der Waals surface area contributed by atoms with E-state index in [9.17, 15) is 14.4 Å². The number of amides is 3. The van der Waals surface area contributed by atoms with Crippen LogP contribution in [0.4, 0.5) is 16.2 Å². The molecule has 1 saturated carbocycles. The zero-order valence-electron chi connectivity index (χ0n) is 18.8. The summed E-state index contributed by atoms with van der Waals surface area (Å²) in [5.74, 6) is 0.0557. The Hall–Kier alpha value is -2.81. The van der Waals surface area contributed by atoms with Crippen LogP contribution in [0.25, 0.3) is 0 Å². The third kappa shape index (κ3) is 4.98. The number of anilines is 2. The zero-order valence-corrected chi connectivity index (χ0v) is 18.8. The van der Waals surface area contributed by atoms with Gasteiger partial charge in [-0.3, -0.25) is 9.59 Å². The standard InChI is InChI=1S/C23H33N5O4/c1-32-23(31)28-14-12-26(13-15-28)20-7-6-18(22(30)27-10-8-24-9-11-27)16-19(20)25-21(29)17-4-2-3-5-17/h6-7,16-17,24H,2-5,8-15H2,1H3,(H,25,29). The molecule has 0 atom stereocenters. The van der Waals surface area contributed by atoms with Crippen molar-refractivity contribution in [2.45, 2.75) is 25.7 Å². The van der Waals surface area contributed by atoms with Crippen LogP contribution in [-0.4, -0.2) is 87.2 Å². The summed E-state index contributed by atoms with van der Waals surface area (Å²) in [6.45, 7) is 5.30. The van der Waals surface area contributed by atoms with Crippen LogP contribution in [0.3, 0.4) is 0 Å². The van der Waals surface area contributed by atoms with Gasteiger partial charge in [-0.05, 0) is 31.0 Å². The van der Waals surface area contributed by atoms with Gasteiger partial charge < -0.3 is 30.1 Å². The summed E-state index contributed by atoms with van der Waals surface area (Å²) in [4.78, 5) is 43.5. The van der Waals surface area contributed by atoms with Crippen molar-refractivity contribution in [1.82, 2.24) is 15.1 Å². The lowest BCUT2D eigenvalue weighted by Gasteiger charge is -2.36. The number of ether oxygens (including phenoxy) is 1. The average Bonchev–Trinajstić information content (AvgIpc) is 3.39. The predicted octanol–water partition coefficient (Wildman–Crippen LogP) is 1.75. The molecular weight excluding hydrogens is 410 g/mol. The smallest absolute Gasteiger partial charge is 0.409 e. The van der Waals surface area contributed by atoms with Gasteiger partial charge in [0.15, 0.2) is 0 Å². The summed E-state index contributed by atoms with van der Waals surface area (Å²) in [6, 6.07) is 5.59. The molecule has 3 fully saturated rings. The van der Waals surface area contributed by atoms with Crippen LogP contribution in [0.15, 0.2) is 18.2 Å². The SMILES string of the molecule is COC(=O)N1CCN(c2ccc(C(=O)N3CCNCC3)cc2NC(=O)C2CCCC2)CC1. The third-order valence-electron chi connectivity index (χ3n) is 6.68. The molecule has 2 N–H and O–H groups in total. The number of nitrogens with zero attached hydrogens (tertiary/aromatic N) is 3. The van der Waals surface area contributed by atoms with Crippen molar-refractivity contribution in [1.29, 1.82) is 0 Å². The Kier molecular flexibility index (Phi) is 7.14. The second-order valence-corrected chi connectivity index (χ2v) is 8.69. The highest BCUT2D eigenvalue weighted by Crippen LogP contribution is 2.32. The van der Waals surface area contributed by atoms with Gasteiger partial charge in [-0.15, -0.1) is 0 Å². The Balaban J connectivity index is 1.55. The molecule has 2 saturated heterocycles. The number of methoxy groups -OCH3 is 1. The maximum Gasteiger partial charge on any atom is 0.409 e. The molecule has 0 radical (unpaired) electrons. The minimum atomic E-state index is -0.323. The number of rotatable bonds is 4. The first-order valence-electron chi connectivity index (χ1n) is 11.6. The minimum Gasteiger partial charge on any atom is -0.453 e. The molecule has 174 valence electrons. The number of hydrogen-bond acceptors (Lipinski definition) is 6. The number of carbonyl (C=O) groups is 3. The Labute approximate surface area is 189 Å². The normalized spacial score (nSPS) is 19.7. The van der Waals surface area contributed by atoms with Gasteiger partial charge in [0.1, 0.15) is 0 Å². The molecule has 0 aromatic heterocycles. The Morgan fingerprint density at radius 1 is 0.969 bits per heavy atom. The number of benzene rings is 1.